The number of rotatable bonds is 70. The highest BCUT2D eigenvalue weighted by Gasteiger charge is 2.30. The first-order valence-electron chi connectivity index (χ1n) is 37.2. The van der Waals surface area contributed by atoms with Gasteiger partial charge < -0.3 is 33.8 Å². The van der Waals surface area contributed by atoms with Crippen molar-refractivity contribution in [2.45, 2.75) is 341 Å². The predicted octanol–water partition coefficient (Wildman–Crippen LogP) is 20.9. The van der Waals surface area contributed by atoms with E-state index in [1.54, 1.807) is 0 Å². The Bertz CT molecular complexity index is 2070. The highest BCUT2D eigenvalue weighted by atomic mass is 31.2. The number of aliphatic hydroxyl groups excluding tert-OH is 1. The van der Waals surface area contributed by atoms with Crippen LogP contribution in [0.4, 0.5) is 0 Å². The van der Waals surface area contributed by atoms with Crippen molar-refractivity contribution >= 4 is 39.5 Å². The van der Waals surface area contributed by atoms with Crippen LogP contribution in [-0.2, 0) is 65.4 Å². The fourth-order valence-electron chi connectivity index (χ4n) is 9.86. The number of unbranched alkanes of at least 4 members (excludes halogenated alkanes) is 32. The summed E-state index contributed by atoms with van der Waals surface area (Å²) in [7, 11) is -9.94. The van der Waals surface area contributed by atoms with E-state index in [1.807, 2.05) is 0 Å². The van der Waals surface area contributed by atoms with Gasteiger partial charge in [-0.1, -0.05) is 235 Å². The van der Waals surface area contributed by atoms with Gasteiger partial charge in [0.25, 0.3) is 0 Å². The molecule has 3 N–H and O–H groups in total. The van der Waals surface area contributed by atoms with Crippen LogP contribution >= 0.6 is 15.6 Å². The molecule has 0 bridgehead atoms. The lowest BCUT2D eigenvalue weighted by Gasteiger charge is -2.21. The molecule has 546 valence electrons. The number of aliphatic hydroxyl groups is 1. The molecule has 0 aliphatic carbocycles. The summed E-state index contributed by atoms with van der Waals surface area (Å²) < 4.78 is 68.3. The van der Waals surface area contributed by atoms with Gasteiger partial charge in [0, 0.05) is 25.7 Å². The Morgan fingerprint density at radius 1 is 0.298 bits per heavy atom. The van der Waals surface area contributed by atoms with E-state index >= 15 is 0 Å². The first-order chi connectivity index (χ1) is 45.7. The highest BCUT2D eigenvalue weighted by molar-refractivity contribution is 7.47. The Morgan fingerprint density at radius 2 is 0.543 bits per heavy atom. The van der Waals surface area contributed by atoms with E-state index in [4.69, 9.17) is 37.0 Å². The average molecular weight is 1370 g/mol. The molecule has 0 aromatic heterocycles. The molecule has 5 unspecified atom stereocenters. The van der Waals surface area contributed by atoms with Crippen molar-refractivity contribution in [1.29, 1.82) is 0 Å². The minimum absolute atomic E-state index is 0.0773. The average Bonchev–Trinajstić information content (AvgIpc) is 1.63. The van der Waals surface area contributed by atoms with Gasteiger partial charge in [-0.05, 0) is 135 Å². The molecule has 0 saturated carbocycles. The van der Waals surface area contributed by atoms with Crippen LogP contribution < -0.4 is 0 Å². The number of phosphoric acid groups is 2. The van der Waals surface area contributed by atoms with E-state index in [1.165, 1.54) is 70.6 Å². The molecule has 17 nitrogen and oxygen atoms in total. The van der Waals surface area contributed by atoms with E-state index < -0.39 is 97.5 Å². The third-order valence-corrected chi connectivity index (χ3v) is 17.5. The number of hydrogen-bond acceptors (Lipinski definition) is 15. The third-order valence-electron chi connectivity index (χ3n) is 15.6. The molecule has 94 heavy (non-hydrogen) atoms. The van der Waals surface area contributed by atoms with Gasteiger partial charge in [-0.2, -0.15) is 0 Å². The van der Waals surface area contributed by atoms with Crippen LogP contribution in [0.5, 0.6) is 0 Å². The zero-order chi connectivity index (χ0) is 69.0. The fraction of sp³-hybridized carbons (Fsp3) is 0.787. The maximum atomic E-state index is 13.0. The summed E-state index contributed by atoms with van der Waals surface area (Å²) in [5.41, 5.74) is 0. The molecule has 0 aliphatic heterocycles. The number of carbonyl (C=O) groups excluding carboxylic acids is 4. The summed E-state index contributed by atoms with van der Waals surface area (Å²) in [4.78, 5) is 72.7. The van der Waals surface area contributed by atoms with E-state index in [9.17, 15) is 43.2 Å². The summed E-state index contributed by atoms with van der Waals surface area (Å²) in [5.74, 6) is -2.21. The van der Waals surface area contributed by atoms with E-state index in [0.29, 0.717) is 25.7 Å². The lowest BCUT2D eigenvalue weighted by molar-refractivity contribution is -0.161. The summed E-state index contributed by atoms with van der Waals surface area (Å²) in [5, 5.41) is 10.6. The summed E-state index contributed by atoms with van der Waals surface area (Å²) in [6.07, 6.45) is 66.1. The molecule has 0 spiro atoms. The van der Waals surface area contributed by atoms with Crippen molar-refractivity contribution in [2.24, 2.45) is 0 Å². The zero-order valence-corrected chi connectivity index (χ0v) is 61.2. The molecule has 0 rings (SSSR count). The van der Waals surface area contributed by atoms with Crippen LogP contribution in [0.2, 0.25) is 0 Å². The van der Waals surface area contributed by atoms with Crippen LogP contribution in [0.1, 0.15) is 323 Å². The Balaban J connectivity index is 5.35. The number of esters is 4. The van der Waals surface area contributed by atoms with Crippen LogP contribution in [0, 0.1) is 0 Å². The van der Waals surface area contributed by atoms with Crippen LogP contribution in [0.3, 0.4) is 0 Å². The molecule has 0 aromatic rings. The Morgan fingerprint density at radius 3 is 0.862 bits per heavy atom. The number of ether oxygens (including phenoxy) is 4. The topological polar surface area (TPSA) is 237 Å². The number of hydrogen-bond donors (Lipinski definition) is 3. The fourth-order valence-corrected chi connectivity index (χ4v) is 11.4. The van der Waals surface area contributed by atoms with Gasteiger partial charge in [0.15, 0.2) is 12.2 Å². The minimum atomic E-state index is -4.97. The van der Waals surface area contributed by atoms with Gasteiger partial charge >= 0.3 is 39.5 Å². The Kier molecular flexibility index (Phi) is 65.5. The Labute approximate surface area is 571 Å². The van der Waals surface area contributed by atoms with Gasteiger partial charge in [0.1, 0.15) is 19.3 Å². The maximum absolute atomic E-state index is 13.0. The molecular formula is C75H134O17P2. The number of phosphoric ester groups is 2. The summed E-state index contributed by atoms with van der Waals surface area (Å²) >= 11 is 0. The summed E-state index contributed by atoms with van der Waals surface area (Å²) in [6.45, 7) is 4.72. The zero-order valence-electron chi connectivity index (χ0n) is 59.4. The summed E-state index contributed by atoms with van der Waals surface area (Å²) in [6, 6.07) is 0. The standard InChI is InChI=1S/C75H134O17P2/c1-5-9-13-17-21-25-29-33-34-38-40-44-48-52-56-60-73(78)86-66-71(92-75(80)62-58-54-50-46-42-37-32-28-24-20-16-12-8-4)68-90-94(83,84)88-64-69(76)63-87-93(81,82)89-67-70(91-74(79)61-57-53-49-45-41-36-31-27-23-19-15-11-7-3)65-85-72(77)59-55-51-47-43-39-35-30-26-22-18-14-10-6-2/h16,20-21,25-28,30-34,69-71,76H,5-15,17-19,22-24,29,35-68H2,1-4H3,(H,81,82)(H,83,84)/b20-16-,25-21-,30-26-,31-27-,32-28-,34-33-. The van der Waals surface area contributed by atoms with Gasteiger partial charge in [-0.25, -0.2) is 9.13 Å². The maximum Gasteiger partial charge on any atom is 0.472 e. The molecule has 0 aromatic carbocycles. The quantitative estimate of drug-likeness (QED) is 0.0169. The van der Waals surface area contributed by atoms with E-state index in [-0.39, 0.29) is 25.7 Å². The highest BCUT2D eigenvalue weighted by Crippen LogP contribution is 2.45. The normalized spacial score (nSPS) is 14.4. The minimum Gasteiger partial charge on any atom is -0.462 e. The van der Waals surface area contributed by atoms with Crippen LogP contribution in [-0.4, -0.2) is 96.7 Å². The molecule has 0 saturated heterocycles. The SMILES string of the molecule is CCC/C=C\C/C=C\CCCCCCCC(=O)OC(COC(=O)CCCCCCC/C=C\C/C=C\CCCCC)COP(=O)(O)OCC(O)COP(=O)(O)OCC(COC(=O)CCCCCCC/C=C\CCCCCC)OC(=O)CCCCCCC/C=C\CCCCCC. The van der Waals surface area contributed by atoms with Crippen molar-refractivity contribution in [3.05, 3.63) is 72.9 Å². The molecular weight excluding hydrogens is 1230 g/mol. The van der Waals surface area contributed by atoms with Gasteiger partial charge in [0.2, 0.25) is 0 Å². The van der Waals surface area contributed by atoms with Gasteiger partial charge in [-0.3, -0.25) is 37.3 Å². The predicted molar refractivity (Wildman–Crippen MR) is 381 cm³/mol. The van der Waals surface area contributed by atoms with Crippen molar-refractivity contribution in [3.8, 4) is 0 Å². The largest absolute Gasteiger partial charge is 0.472 e. The molecule has 5 atom stereocenters. The monoisotopic (exact) mass is 1370 g/mol. The third kappa shape index (κ3) is 67.1. The van der Waals surface area contributed by atoms with Crippen molar-refractivity contribution in [2.75, 3.05) is 39.6 Å². The smallest absolute Gasteiger partial charge is 0.462 e. The molecule has 0 heterocycles. The van der Waals surface area contributed by atoms with Crippen molar-refractivity contribution in [1.82, 2.24) is 0 Å². The lowest BCUT2D eigenvalue weighted by Crippen LogP contribution is -2.30. The molecule has 0 radical (unpaired) electrons. The molecule has 0 amide bonds. The van der Waals surface area contributed by atoms with Crippen LogP contribution in [0.25, 0.3) is 0 Å². The van der Waals surface area contributed by atoms with Crippen molar-refractivity contribution in [3.63, 3.8) is 0 Å². The van der Waals surface area contributed by atoms with Crippen molar-refractivity contribution < 1.29 is 80.2 Å². The van der Waals surface area contributed by atoms with Crippen LogP contribution in [0.15, 0.2) is 72.9 Å². The Hall–Kier alpha value is -3.50. The van der Waals surface area contributed by atoms with Gasteiger partial charge in [-0.15, -0.1) is 0 Å². The molecule has 19 heteroatoms. The second-order valence-corrected chi connectivity index (χ2v) is 27.8. The molecule has 0 aliphatic rings. The number of carbonyl (C=O) groups is 4. The first-order valence-corrected chi connectivity index (χ1v) is 40.2. The first kappa shape index (κ1) is 90.5. The van der Waals surface area contributed by atoms with Gasteiger partial charge in [0.05, 0.1) is 26.4 Å². The molecule has 0 fully saturated rings. The number of allylic oxidation sites excluding steroid dienone is 12. The van der Waals surface area contributed by atoms with E-state index in [2.05, 4.69) is 101 Å². The van der Waals surface area contributed by atoms with E-state index in [0.717, 1.165) is 173 Å². The second kappa shape index (κ2) is 68.0. The second-order valence-electron chi connectivity index (χ2n) is 24.9. The lowest BCUT2D eigenvalue weighted by atomic mass is 10.1.